The van der Waals surface area contributed by atoms with Crippen molar-refractivity contribution in [3.63, 3.8) is 0 Å². The minimum absolute atomic E-state index is 0.430. The van der Waals surface area contributed by atoms with Crippen LogP contribution in [0.15, 0.2) is 11.6 Å². The summed E-state index contributed by atoms with van der Waals surface area (Å²) in [6.07, 6.45) is 8.51. The molecule has 1 heterocycles. The number of aromatic nitrogens is 1. The molecule has 1 saturated carbocycles. The van der Waals surface area contributed by atoms with Gasteiger partial charge >= 0.3 is 0 Å². The Labute approximate surface area is 115 Å². The fourth-order valence-corrected chi connectivity index (χ4v) is 3.77. The summed E-state index contributed by atoms with van der Waals surface area (Å²) < 4.78 is 0. The number of hydrogen-bond acceptors (Lipinski definition) is 3. The maximum atomic E-state index is 4.35. The smallest absolute Gasteiger partial charge is 0.0937 e. The molecule has 18 heavy (non-hydrogen) atoms. The standard InChI is InChI=1S/C15H26N2S/c1-15(2,3)12-6-4-5-7-13(12)16-9-8-14-17-10-11-18-14/h10-13,16H,4-9H2,1-3H3. The van der Waals surface area contributed by atoms with Crippen LogP contribution in [0.5, 0.6) is 0 Å². The van der Waals surface area contributed by atoms with Crippen LogP contribution in [-0.2, 0) is 6.42 Å². The number of hydrogen-bond donors (Lipinski definition) is 1. The number of thiazole rings is 1. The molecule has 1 fully saturated rings. The summed E-state index contributed by atoms with van der Waals surface area (Å²) in [5.41, 5.74) is 0.430. The summed E-state index contributed by atoms with van der Waals surface area (Å²) in [6, 6.07) is 0.707. The quantitative estimate of drug-likeness (QED) is 0.894. The van der Waals surface area contributed by atoms with Crippen molar-refractivity contribution in [1.82, 2.24) is 10.3 Å². The predicted octanol–water partition coefficient (Wildman–Crippen LogP) is 3.88. The summed E-state index contributed by atoms with van der Waals surface area (Å²) in [4.78, 5) is 4.35. The Balaban J connectivity index is 1.82. The molecule has 0 amide bonds. The van der Waals surface area contributed by atoms with E-state index in [9.17, 15) is 0 Å². The Hall–Kier alpha value is -0.410. The first-order valence-corrected chi connectivity index (χ1v) is 8.07. The lowest BCUT2D eigenvalue weighted by Crippen LogP contribution is -2.44. The van der Waals surface area contributed by atoms with Gasteiger partial charge in [0.2, 0.25) is 0 Å². The molecular weight excluding hydrogens is 240 g/mol. The van der Waals surface area contributed by atoms with Gasteiger partial charge < -0.3 is 5.32 Å². The molecule has 2 atom stereocenters. The molecule has 1 N–H and O–H groups in total. The van der Waals surface area contributed by atoms with Crippen molar-refractivity contribution in [3.05, 3.63) is 16.6 Å². The van der Waals surface area contributed by atoms with Gasteiger partial charge in [0, 0.05) is 30.6 Å². The van der Waals surface area contributed by atoms with Gasteiger partial charge in [-0.05, 0) is 24.2 Å². The third-order valence-electron chi connectivity index (χ3n) is 4.11. The predicted molar refractivity (Wildman–Crippen MR) is 79.0 cm³/mol. The molecule has 1 aliphatic rings. The summed E-state index contributed by atoms with van der Waals surface area (Å²) in [5, 5.41) is 7.10. The van der Waals surface area contributed by atoms with E-state index in [0.717, 1.165) is 18.9 Å². The van der Waals surface area contributed by atoms with Gasteiger partial charge in [0.1, 0.15) is 0 Å². The third-order valence-corrected chi connectivity index (χ3v) is 4.95. The first kappa shape index (κ1) is 14.0. The molecule has 0 aliphatic heterocycles. The van der Waals surface area contributed by atoms with Crippen molar-refractivity contribution in [2.45, 2.75) is 58.9 Å². The van der Waals surface area contributed by atoms with E-state index in [2.05, 4.69) is 36.5 Å². The van der Waals surface area contributed by atoms with Crippen LogP contribution in [0.3, 0.4) is 0 Å². The SMILES string of the molecule is CC(C)(C)C1CCCCC1NCCc1nccs1. The molecule has 0 saturated heterocycles. The largest absolute Gasteiger partial charge is 0.313 e. The van der Waals surface area contributed by atoms with Crippen LogP contribution in [0, 0.1) is 11.3 Å². The molecule has 2 rings (SSSR count). The molecule has 1 aromatic heterocycles. The minimum Gasteiger partial charge on any atom is -0.313 e. The van der Waals surface area contributed by atoms with Crippen LogP contribution >= 0.6 is 11.3 Å². The summed E-state index contributed by atoms with van der Waals surface area (Å²) >= 11 is 1.76. The highest BCUT2D eigenvalue weighted by Gasteiger charge is 2.33. The second-order valence-corrected chi connectivity index (χ2v) is 7.47. The van der Waals surface area contributed by atoms with Gasteiger partial charge in [-0.1, -0.05) is 33.6 Å². The maximum absolute atomic E-state index is 4.35. The van der Waals surface area contributed by atoms with Crippen LogP contribution < -0.4 is 5.32 Å². The first-order valence-electron chi connectivity index (χ1n) is 7.19. The van der Waals surface area contributed by atoms with Gasteiger partial charge in [0.25, 0.3) is 0 Å². The zero-order valence-electron chi connectivity index (χ0n) is 11.9. The van der Waals surface area contributed by atoms with Crippen molar-refractivity contribution >= 4 is 11.3 Å². The molecule has 0 bridgehead atoms. The monoisotopic (exact) mass is 266 g/mol. The highest BCUT2D eigenvalue weighted by molar-refractivity contribution is 7.09. The Morgan fingerprint density at radius 2 is 2.11 bits per heavy atom. The molecule has 1 aromatic rings. The normalized spacial score (nSPS) is 25.3. The summed E-state index contributed by atoms with van der Waals surface area (Å²) in [5.74, 6) is 0.822. The Morgan fingerprint density at radius 3 is 2.78 bits per heavy atom. The molecule has 3 heteroatoms. The van der Waals surface area contributed by atoms with E-state index in [1.807, 2.05) is 6.20 Å². The lowest BCUT2D eigenvalue weighted by molar-refractivity contribution is 0.131. The van der Waals surface area contributed by atoms with Gasteiger partial charge in [-0.25, -0.2) is 4.98 Å². The molecule has 0 spiro atoms. The van der Waals surface area contributed by atoms with Crippen LogP contribution in [-0.4, -0.2) is 17.6 Å². The highest BCUT2D eigenvalue weighted by Crippen LogP contribution is 2.37. The fraction of sp³-hybridized carbons (Fsp3) is 0.800. The molecule has 0 aromatic carbocycles. The zero-order chi connectivity index (χ0) is 13.0. The van der Waals surface area contributed by atoms with Crippen molar-refractivity contribution in [2.24, 2.45) is 11.3 Å². The number of nitrogens with one attached hydrogen (secondary N) is 1. The average Bonchev–Trinajstić information content (AvgIpc) is 2.81. The van der Waals surface area contributed by atoms with Crippen LogP contribution in [0.2, 0.25) is 0 Å². The zero-order valence-corrected chi connectivity index (χ0v) is 12.7. The van der Waals surface area contributed by atoms with Crippen LogP contribution in [0.25, 0.3) is 0 Å². The van der Waals surface area contributed by atoms with E-state index in [-0.39, 0.29) is 0 Å². The van der Waals surface area contributed by atoms with Gasteiger partial charge in [0.15, 0.2) is 0 Å². The van der Waals surface area contributed by atoms with Crippen LogP contribution in [0.4, 0.5) is 0 Å². The van der Waals surface area contributed by atoms with E-state index in [4.69, 9.17) is 0 Å². The molecule has 0 radical (unpaired) electrons. The maximum Gasteiger partial charge on any atom is 0.0937 e. The summed E-state index contributed by atoms with van der Waals surface area (Å²) in [6.45, 7) is 8.24. The fourth-order valence-electron chi connectivity index (χ4n) is 3.15. The van der Waals surface area contributed by atoms with Gasteiger partial charge in [-0.15, -0.1) is 11.3 Å². The van der Waals surface area contributed by atoms with Crippen molar-refractivity contribution in [3.8, 4) is 0 Å². The Kier molecular flexibility index (Phi) is 4.79. The average molecular weight is 266 g/mol. The van der Waals surface area contributed by atoms with E-state index >= 15 is 0 Å². The minimum atomic E-state index is 0.430. The van der Waals surface area contributed by atoms with Gasteiger partial charge in [-0.2, -0.15) is 0 Å². The van der Waals surface area contributed by atoms with Gasteiger partial charge in [-0.3, -0.25) is 0 Å². The molecule has 2 unspecified atom stereocenters. The van der Waals surface area contributed by atoms with Crippen LogP contribution in [0.1, 0.15) is 51.5 Å². The number of rotatable bonds is 4. The van der Waals surface area contributed by atoms with Crippen molar-refractivity contribution in [1.29, 1.82) is 0 Å². The molecular formula is C15H26N2S. The van der Waals surface area contributed by atoms with E-state index in [1.165, 1.54) is 30.7 Å². The second-order valence-electron chi connectivity index (χ2n) is 6.49. The Morgan fingerprint density at radius 1 is 1.33 bits per heavy atom. The van der Waals surface area contributed by atoms with Crippen molar-refractivity contribution in [2.75, 3.05) is 6.54 Å². The highest BCUT2D eigenvalue weighted by atomic mass is 32.1. The Bertz CT molecular complexity index is 340. The van der Waals surface area contributed by atoms with Crippen molar-refractivity contribution < 1.29 is 0 Å². The second kappa shape index (κ2) is 6.16. The lowest BCUT2D eigenvalue weighted by atomic mass is 9.69. The molecule has 102 valence electrons. The lowest BCUT2D eigenvalue weighted by Gasteiger charge is -2.41. The van der Waals surface area contributed by atoms with E-state index < -0.39 is 0 Å². The topological polar surface area (TPSA) is 24.9 Å². The molecule has 1 aliphatic carbocycles. The summed E-state index contributed by atoms with van der Waals surface area (Å²) in [7, 11) is 0. The van der Waals surface area contributed by atoms with E-state index in [1.54, 1.807) is 11.3 Å². The van der Waals surface area contributed by atoms with E-state index in [0.29, 0.717) is 11.5 Å². The molecule has 2 nitrogen and oxygen atoms in total. The number of nitrogens with zero attached hydrogens (tertiary/aromatic N) is 1. The first-order chi connectivity index (χ1) is 8.57. The van der Waals surface area contributed by atoms with Gasteiger partial charge in [0.05, 0.1) is 5.01 Å². The third kappa shape index (κ3) is 3.79.